The summed E-state index contributed by atoms with van der Waals surface area (Å²) in [6.07, 6.45) is 1.93. The number of hydrogen-bond acceptors (Lipinski definition) is 5. The number of benzene rings is 2. The molecule has 25 heavy (non-hydrogen) atoms. The highest BCUT2D eigenvalue weighted by Crippen LogP contribution is 2.44. The molecule has 2 heterocycles. The quantitative estimate of drug-likeness (QED) is 0.723. The molecule has 0 unspecified atom stereocenters. The maximum Gasteiger partial charge on any atom is 0.275 e. The van der Waals surface area contributed by atoms with Gasteiger partial charge in [-0.05, 0) is 31.2 Å². The van der Waals surface area contributed by atoms with Gasteiger partial charge in [0.25, 0.3) is 5.91 Å². The molecule has 2 aromatic carbocycles. The first-order chi connectivity index (χ1) is 12.1. The van der Waals surface area contributed by atoms with Gasteiger partial charge in [-0.3, -0.25) is 4.79 Å². The topological polar surface area (TPSA) is 73.7 Å². The summed E-state index contributed by atoms with van der Waals surface area (Å²) in [6.45, 7) is 1.80. The Bertz CT molecular complexity index is 976. The molecule has 4 rings (SSSR count). The van der Waals surface area contributed by atoms with Gasteiger partial charge in [0.05, 0.1) is 21.9 Å². The zero-order valence-electron chi connectivity index (χ0n) is 13.4. The van der Waals surface area contributed by atoms with Crippen LogP contribution in [0.5, 0.6) is 5.75 Å². The highest BCUT2D eigenvalue weighted by molar-refractivity contribution is 8.08. The Morgan fingerprint density at radius 2 is 1.84 bits per heavy atom. The number of fused-ring (bicyclic) bond motifs is 1. The van der Waals surface area contributed by atoms with E-state index in [1.807, 2.05) is 42.5 Å². The van der Waals surface area contributed by atoms with Gasteiger partial charge in [-0.25, -0.2) is 5.43 Å². The molecule has 0 fully saturated rings. The zero-order valence-corrected chi connectivity index (χ0v) is 14.2. The molecule has 6 heteroatoms. The standard InChI is InChI=1S/C19H15N3O2S/c1-11-18(19(24)22-21-11)14-10-17(12-6-2-3-7-13(12)20-14)25-16-9-5-4-8-15(16)23/h2-10,20,23H,1H3,(H,22,24)/b18-14-. The Morgan fingerprint density at radius 3 is 2.60 bits per heavy atom. The summed E-state index contributed by atoms with van der Waals surface area (Å²) < 4.78 is 0. The van der Waals surface area contributed by atoms with E-state index in [0.29, 0.717) is 17.0 Å². The number of rotatable bonds is 2. The van der Waals surface area contributed by atoms with Crippen LogP contribution in [0.15, 0.2) is 75.9 Å². The van der Waals surface area contributed by atoms with E-state index in [4.69, 9.17) is 0 Å². The van der Waals surface area contributed by atoms with Crippen LogP contribution in [0.4, 0.5) is 5.69 Å². The first-order valence-corrected chi connectivity index (χ1v) is 8.58. The number of nitrogens with zero attached hydrogens (tertiary/aromatic N) is 1. The predicted octanol–water partition coefficient (Wildman–Crippen LogP) is 3.71. The van der Waals surface area contributed by atoms with Crippen molar-refractivity contribution in [2.45, 2.75) is 11.8 Å². The lowest BCUT2D eigenvalue weighted by Crippen LogP contribution is -2.18. The van der Waals surface area contributed by atoms with Gasteiger partial charge in [0.1, 0.15) is 5.75 Å². The lowest BCUT2D eigenvalue weighted by atomic mass is 10.0. The van der Waals surface area contributed by atoms with Crippen LogP contribution in [-0.2, 0) is 4.79 Å². The largest absolute Gasteiger partial charge is 0.507 e. The number of nitrogens with one attached hydrogen (secondary N) is 2. The van der Waals surface area contributed by atoms with Gasteiger partial charge in [-0.1, -0.05) is 42.1 Å². The number of allylic oxidation sites excluding steroid dienone is 1. The molecule has 2 aromatic rings. The number of phenols is 1. The first kappa shape index (κ1) is 15.5. The zero-order chi connectivity index (χ0) is 17.4. The normalized spacial score (nSPS) is 18.8. The predicted molar refractivity (Wildman–Crippen MR) is 100 cm³/mol. The van der Waals surface area contributed by atoms with E-state index in [1.165, 1.54) is 11.8 Å². The van der Waals surface area contributed by atoms with Crippen LogP contribution in [0.2, 0.25) is 0 Å². The molecule has 5 nitrogen and oxygen atoms in total. The van der Waals surface area contributed by atoms with Crippen LogP contribution in [0.3, 0.4) is 0 Å². The van der Waals surface area contributed by atoms with Crippen LogP contribution >= 0.6 is 11.8 Å². The highest BCUT2D eigenvalue weighted by Gasteiger charge is 2.26. The van der Waals surface area contributed by atoms with E-state index in [-0.39, 0.29) is 11.7 Å². The number of aromatic hydroxyl groups is 1. The van der Waals surface area contributed by atoms with Crippen molar-refractivity contribution in [3.63, 3.8) is 0 Å². The molecular formula is C19H15N3O2S. The Kier molecular flexibility index (Phi) is 3.82. The van der Waals surface area contributed by atoms with Crippen molar-refractivity contribution in [2.75, 3.05) is 5.32 Å². The van der Waals surface area contributed by atoms with Crippen LogP contribution < -0.4 is 10.7 Å². The number of carbonyl (C=O) groups excluding carboxylic acids is 1. The van der Waals surface area contributed by atoms with Crippen LogP contribution in [0.1, 0.15) is 12.5 Å². The average Bonchev–Trinajstić information content (AvgIpc) is 2.95. The maximum atomic E-state index is 12.1. The van der Waals surface area contributed by atoms with Gasteiger partial charge in [0, 0.05) is 16.2 Å². The van der Waals surface area contributed by atoms with Gasteiger partial charge < -0.3 is 10.4 Å². The van der Waals surface area contributed by atoms with Crippen LogP contribution in [-0.4, -0.2) is 16.7 Å². The molecule has 0 saturated heterocycles. The van der Waals surface area contributed by atoms with E-state index in [9.17, 15) is 9.90 Å². The molecule has 1 amide bonds. The van der Waals surface area contributed by atoms with E-state index in [2.05, 4.69) is 15.8 Å². The minimum absolute atomic E-state index is 0.220. The number of amides is 1. The molecule has 124 valence electrons. The minimum Gasteiger partial charge on any atom is -0.507 e. The van der Waals surface area contributed by atoms with Gasteiger partial charge >= 0.3 is 0 Å². The number of phenolic OH excluding ortho intramolecular Hbond substituents is 1. The third kappa shape index (κ3) is 2.81. The number of hydrogen-bond donors (Lipinski definition) is 3. The average molecular weight is 349 g/mol. The second-order valence-electron chi connectivity index (χ2n) is 5.68. The summed E-state index contributed by atoms with van der Waals surface area (Å²) in [5, 5.41) is 17.4. The summed E-state index contributed by atoms with van der Waals surface area (Å²) in [5.74, 6) is 0.0116. The van der Waals surface area contributed by atoms with Gasteiger partial charge in [-0.15, -0.1) is 0 Å². The molecule has 0 aliphatic carbocycles. The number of para-hydroxylation sites is 2. The molecule has 0 aromatic heterocycles. The summed E-state index contributed by atoms with van der Waals surface area (Å²) in [5.41, 5.74) is 6.31. The first-order valence-electron chi connectivity index (χ1n) is 7.77. The Balaban J connectivity index is 1.84. The fourth-order valence-electron chi connectivity index (χ4n) is 2.81. The van der Waals surface area contributed by atoms with Gasteiger partial charge in [0.15, 0.2) is 0 Å². The molecule has 0 atom stereocenters. The van der Waals surface area contributed by atoms with Crippen molar-refractivity contribution in [1.82, 2.24) is 5.43 Å². The van der Waals surface area contributed by atoms with Crippen molar-refractivity contribution in [3.8, 4) is 5.75 Å². The molecule has 2 aliphatic heterocycles. The third-order valence-electron chi connectivity index (χ3n) is 4.01. The number of carbonyl (C=O) groups is 1. The SMILES string of the molecule is CC1=NNC(=O)/C1=C1/C=C(Sc2ccccc2O)c2ccccc2N1. The molecule has 0 radical (unpaired) electrons. The minimum atomic E-state index is -0.220. The molecule has 0 spiro atoms. The maximum absolute atomic E-state index is 12.1. The van der Waals surface area contributed by atoms with Crippen molar-refractivity contribution in [3.05, 3.63) is 71.4 Å². The smallest absolute Gasteiger partial charge is 0.275 e. The van der Waals surface area contributed by atoms with Crippen LogP contribution in [0, 0.1) is 0 Å². The lowest BCUT2D eigenvalue weighted by Gasteiger charge is -2.22. The second kappa shape index (κ2) is 6.14. The monoisotopic (exact) mass is 349 g/mol. The second-order valence-corrected chi connectivity index (χ2v) is 6.76. The molecular weight excluding hydrogens is 334 g/mol. The molecule has 0 saturated carbocycles. The van der Waals surface area contributed by atoms with Crippen molar-refractivity contribution >= 4 is 34.0 Å². The van der Waals surface area contributed by atoms with Gasteiger partial charge in [0.2, 0.25) is 0 Å². The summed E-state index contributed by atoms with van der Waals surface area (Å²) in [6, 6.07) is 15.1. The van der Waals surface area contributed by atoms with E-state index < -0.39 is 0 Å². The number of anilines is 1. The molecule has 2 aliphatic rings. The summed E-state index contributed by atoms with van der Waals surface area (Å²) in [4.78, 5) is 13.8. The molecule has 3 N–H and O–H groups in total. The van der Waals surface area contributed by atoms with Crippen molar-refractivity contribution in [1.29, 1.82) is 0 Å². The van der Waals surface area contributed by atoms with E-state index >= 15 is 0 Å². The fraction of sp³-hybridized carbons (Fsp3) is 0.0526. The highest BCUT2D eigenvalue weighted by atomic mass is 32.2. The van der Waals surface area contributed by atoms with E-state index in [1.54, 1.807) is 19.1 Å². The van der Waals surface area contributed by atoms with Crippen molar-refractivity contribution in [2.24, 2.45) is 5.10 Å². The Labute approximate surface area is 149 Å². The van der Waals surface area contributed by atoms with Crippen molar-refractivity contribution < 1.29 is 9.90 Å². The van der Waals surface area contributed by atoms with Crippen LogP contribution in [0.25, 0.3) is 4.91 Å². The third-order valence-corrected chi connectivity index (χ3v) is 5.13. The number of hydrazone groups is 1. The molecule has 0 bridgehead atoms. The fourth-order valence-corrected chi connectivity index (χ4v) is 3.83. The lowest BCUT2D eigenvalue weighted by molar-refractivity contribution is -0.116. The Morgan fingerprint density at radius 1 is 1.08 bits per heavy atom. The number of thioether (sulfide) groups is 1. The Hall–Kier alpha value is -2.99. The summed E-state index contributed by atoms with van der Waals surface area (Å²) in [7, 11) is 0. The van der Waals surface area contributed by atoms with E-state index in [0.717, 1.165) is 21.1 Å². The van der Waals surface area contributed by atoms with Gasteiger partial charge in [-0.2, -0.15) is 5.10 Å². The summed E-state index contributed by atoms with van der Waals surface area (Å²) >= 11 is 1.46.